The number of aromatic hydroxyl groups is 4. The fraction of sp³-hybridized carbons (Fsp3) is 0.368. The summed E-state index contributed by atoms with van der Waals surface area (Å²) >= 11 is 0. The summed E-state index contributed by atoms with van der Waals surface area (Å²) in [6.45, 7) is 3.90. The summed E-state index contributed by atoms with van der Waals surface area (Å²) in [5, 5.41) is 45.6. The van der Waals surface area contributed by atoms with Crippen LogP contribution in [0.15, 0.2) is 30.3 Å². The van der Waals surface area contributed by atoms with E-state index in [2.05, 4.69) is 0 Å². The molecule has 0 spiro atoms. The van der Waals surface area contributed by atoms with E-state index in [1.165, 1.54) is 24.3 Å². The number of fused-ring (bicyclic) bond motifs is 1. The summed E-state index contributed by atoms with van der Waals surface area (Å²) < 4.78 is 5.63. The van der Waals surface area contributed by atoms with Crippen molar-refractivity contribution in [1.82, 2.24) is 0 Å². The van der Waals surface area contributed by atoms with Crippen molar-refractivity contribution < 1.29 is 30.3 Å². The Hall–Kier alpha value is -2.60. The predicted molar refractivity (Wildman–Crippen MR) is 93.3 cm³/mol. The zero-order chi connectivity index (χ0) is 18.6. The third-order valence-electron chi connectivity index (χ3n) is 4.24. The van der Waals surface area contributed by atoms with Crippen LogP contribution in [0.4, 0.5) is 0 Å². The lowest BCUT2D eigenvalue weighted by Gasteiger charge is -2.31. The molecule has 0 saturated heterocycles. The second kappa shape index (κ2) is 7.98. The van der Waals surface area contributed by atoms with Crippen LogP contribution < -0.4 is 4.74 Å². The monoisotopic (exact) mass is 348 g/mol. The summed E-state index contributed by atoms with van der Waals surface area (Å²) in [6.07, 6.45) is 1.31. The Labute approximate surface area is 146 Å². The Balaban J connectivity index is 0.000000212. The van der Waals surface area contributed by atoms with Gasteiger partial charge >= 0.3 is 0 Å². The summed E-state index contributed by atoms with van der Waals surface area (Å²) in [7, 11) is 0. The molecule has 0 radical (unpaired) electrons. The van der Waals surface area contributed by atoms with Crippen LogP contribution in [0, 0.1) is 12.8 Å². The van der Waals surface area contributed by atoms with Crippen molar-refractivity contribution in [1.29, 1.82) is 0 Å². The minimum absolute atomic E-state index is 0.00376. The molecule has 0 aromatic heterocycles. The van der Waals surface area contributed by atoms with Gasteiger partial charge in [0.05, 0.1) is 6.10 Å². The van der Waals surface area contributed by atoms with Crippen molar-refractivity contribution >= 4 is 0 Å². The Morgan fingerprint density at radius 3 is 2.32 bits per heavy atom. The lowest BCUT2D eigenvalue weighted by molar-refractivity contribution is 0.106. The van der Waals surface area contributed by atoms with Crippen molar-refractivity contribution in [3.05, 3.63) is 41.5 Å². The molecule has 6 heteroatoms. The van der Waals surface area contributed by atoms with E-state index in [1.807, 2.05) is 13.8 Å². The lowest BCUT2D eigenvalue weighted by Crippen LogP contribution is -2.30. The van der Waals surface area contributed by atoms with Gasteiger partial charge in [0.2, 0.25) is 0 Å². The van der Waals surface area contributed by atoms with Gasteiger partial charge in [0.1, 0.15) is 17.2 Å². The van der Waals surface area contributed by atoms with Gasteiger partial charge in [-0.05, 0) is 44.4 Å². The molecule has 1 aliphatic heterocycles. The molecule has 25 heavy (non-hydrogen) atoms. The van der Waals surface area contributed by atoms with E-state index in [1.54, 1.807) is 6.07 Å². The van der Waals surface area contributed by atoms with Crippen LogP contribution in [-0.2, 0) is 6.42 Å². The molecule has 0 saturated carbocycles. The summed E-state index contributed by atoms with van der Waals surface area (Å²) in [5.41, 5.74) is 1.65. The van der Waals surface area contributed by atoms with Gasteiger partial charge < -0.3 is 30.3 Å². The molecule has 0 aliphatic carbocycles. The lowest BCUT2D eigenvalue weighted by atomic mass is 9.88. The summed E-state index contributed by atoms with van der Waals surface area (Å²) in [4.78, 5) is 0. The molecule has 1 heterocycles. The average Bonchev–Trinajstić information content (AvgIpc) is 2.53. The van der Waals surface area contributed by atoms with Gasteiger partial charge in [0.25, 0.3) is 0 Å². The van der Waals surface area contributed by atoms with Gasteiger partial charge in [-0.3, -0.25) is 0 Å². The average molecular weight is 348 g/mol. The van der Waals surface area contributed by atoms with Gasteiger partial charge in [-0.1, -0.05) is 6.07 Å². The Morgan fingerprint density at radius 1 is 1.00 bits per heavy atom. The fourth-order valence-electron chi connectivity index (χ4n) is 2.79. The molecule has 2 atom stereocenters. The number of phenols is 4. The van der Waals surface area contributed by atoms with Crippen LogP contribution >= 0.6 is 0 Å². The van der Waals surface area contributed by atoms with Crippen molar-refractivity contribution in [3.63, 3.8) is 0 Å². The normalized spacial score (nSPS) is 18.5. The van der Waals surface area contributed by atoms with E-state index >= 15 is 0 Å². The highest BCUT2D eigenvalue weighted by molar-refractivity contribution is 5.50. The minimum Gasteiger partial charge on any atom is -0.508 e. The van der Waals surface area contributed by atoms with E-state index in [0.717, 1.165) is 5.56 Å². The number of benzene rings is 2. The number of hydrogen-bond donors (Lipinski definition) is 5. The molecular weight excluding hydrogens is 324 g/mol. The highest BCUT2D eigenvalue weighted by Gasteiger charge is 2.28. The standard InChI is InChI=1S/C12H16O4.C7H8O2/c1-7-8(2-3-13)4-10-11(15)5-9(14)6-12(10)16-7;1-5-2-3-6(8)7(9)4-5/h5-8,13-15H,2-4H2,1H3;2-4,8-9H,1H3. The van der Waals surface area contributed by atoms with Gasteiger partial charge in [-0.2, -0.15) is 0 Å². The van der Waals surface area contributed by atoms with Gasteiger partial charge in [0.15, 0.2) is 11.5 Å². The highest BCUT2D eigenvalue weighted by Crippen LogP contribution is 2.40. The molecule has 2 unspecified atom stereocenters. The maximum Gasteiger partial charge on any atom is 0.157 e. The molecule has 0 fully saturated rings. The Kier molecular flexibility index (Phi) is 5.98. The second-order valence-corrected chi connectivity index (χ2v) is 6.23. The van der Waals surface area contributed by atoms with Crippen LogP contribution in [0.2, 0.25) is 0 Å². The maximum atomic E-state index is 9.71. The summed E-state index contributed by atoms with van der Waals surface area (Å²) in [5.74, 6) is 0.677. The van der Waals surface area contributed by atoms with E-state index in [4.69, 9.17) is 20.1 Å². The SMILES string of the molecule is CC1Oc2cc(O)cc(O)c2CC1CCO.Cc1ccc(O)c(O)c1. The van der Waals surface area contributed by atoms with E-state index in [9.17, 15) is 10.2 Å². The number of aliphatic hydroxyl groups excluding tert-OH is 1. The van der Waals surface area contributed by atoms with E-state index in [-0.39, 0.29) is 41.6 Å². The van der Waals surface area contributed by atoms with E-state index in [0.29, 0.717) is 24.2 Å². The molecular formula is C19H24O6. The Morgan fingerprint density at radius 2 is 1.72 bits per heavy atom. The first-order chi connectivity index (χ1) is 11.8. The molecule has 0 bridgehead atoms. The van der Waals surface area contributed by atoms with Gasteiger partial charge in [0, 0.05) is 30.2 Å². The molecule has 5 N–H and O–H groups in total. The van der Waals surface area contributed by atoms with Crippen molar-refractivity contribution in [2.75, 3.05) is 6.61 Å². The first kappa shape index (κ1) is 18.7. The third-order valence-corrected chi connectivity index (χ3v) is 4.24. The molecule has 6 nitrogen and oxygen atoms in total. The Bertz CT molecular complexity index is 728. The predicted octanol–water partition coefficient (Wildman–Crippen LogP) is 2.83. The number of phenolic OH excluding ortho intramolecular Hbond substituents is 4. The van der Waals surface area contributed by atoms with Crippen molar-refractivity contribution in [2.45, 2.75) is 32.8 Å². The molecule has 2 aromatic rings. The topological polar surface area (TPSA) is 110 Å². The number of ether oxygens (including phenoxy) is 1. The second-order valence-electron chi connectivity index (χ2n) is 6.23. The van der Waals surface area contributed by atoms with Gasteiger partial charge in [-0.15, -0.1) is 0 Å². The zero-order valence-corrected chi connectivity index (χ0v) is 14.3. The van der Waals surface area contributed by atoms with Crippen molar-refractivity contribution in [3.8, 4) is 28.7 Å². The fourth-order valence-corrected chi connectivity index (χ4v) is 2.79. The van der Waals surface area contributed by atoms with Crippen LogP contribution in [0.5, 0.6) is 28.7 Å². The number of rotatable bonds is 2. The van der Waals surface area contributed by atoms with Crippen LogP contribution in [0.25, 0.3) is 0 Å². The molecule has 1 aliphatic rings. The van der Waals surface area contributed by atoms with Crippen molar-refractivity contribution in [2.24, 2.45) is 5.92 Å². The van der Waals surface area contributed by atoms with Crippen LogP contribution in [0.3, 0.4) is 0 Å². The quantitative estimate of drug-likeness (QED) is 0.534. The van der Waals surface area contributed by atoms with Crippen LogP contribution in [-0.4, -0.2) is 38.2 Å². The first-order valence-electron chi connectivity index (χ1n) is 8.12. The number of aliphatic hydroxyl groups is 1. The molecule has 0 amide bonds. The summed E-state index contributed by atoms with van der Waals surface area (Å²) in [6, 6.07) is 7.53. The molecule has 3 rings (SSSR count). The molecule has 2 aromatic carbocycles. The smallest absolute Gasteiger partial charge is 0.157 e. The minimum atomic E-state index is -0.0689. The first-order valence-corrected chi connectivity index (χ1v) is 8.12. The van der Waals surface area contributed by atoms with Crippen LogP contribution in [0.1, 0.15) is 24.5 Å². The number of aryl methyl sites for hydroxylation is 1. The maximum absolute atomic E-state index is 9.71. The number of hydrogen-bond acceptors (Lipinski definition) is 6. The highest BCUT2D eigenvalue weighted by atomic mass is 16.5. The third kappa shape index (κ3) is 4.70. The van der Waals surface area contributed by atoms with Gasteiger partial charge in [-0.25, -0.2) is 0 Å². The zero-order valence-electron chi connectivity index (χ0n) is 14.3. The van der Waals surface area contributed by atoms with E-state index < -0.39 is 0 Å². The largest absolute Gasteiger partial charge is 0.508 e. The molecule has 136 valence electrons.